The van der Waals surface area contributed by atoms with E-state index in [9.17, 15) is 0 Å². The highest BCUT2D eigenvalue weighted by Crippen LogP contribution is 2.20. The number of ether oxygens (including phenoxy) is 1. The maximum Gasteiger partial charge on any atom is 0.151 e. The highest BCUT2D eigenvalue weighted by atomic mass is 16.5. The van der Waals surface area contributed by atoms with E-state index in [1.54, 1.807) is 7.11 Å². The topological polar surface area (TPSA) is 50.3 Å². The summed E-state index contributed by atoms with van der Waals surface area (Å²) >= 11 is 0. The number of methoxy groups -OCH3 is 1. The summed E-state index contributed by atoms with van der Waals surface area (Å²) in [5, 5.41) is 12.1. The first-order valence-corrected chi connectivity index (χ1v) is 7.19. The summed E-state index contributed by atoms with van der Waals surface area (Å²) in [6, 6.07) is 4.89. The summed E-state index contributed by atoms with van der Waals surface area (Å²) in [5.74, 6) is 0.990. The molecule has 5 heteroatoms. The molecule has 0 aromatic carbocycles. The van der Waals surface area contributed by atoms with Crippen LogP contribution < -0.4 is 10.2 Å². The molecular formula is C14H22N4O. The van der Waals surface area contributed by atoms with Crippen LogP contribution in [0, 0.1) is 0 Å². The van der Waals surface area contributed by atoms with Crippen LogP contribution in [0.3, 0.4) is 0 Å². The van der Waals surface area contributed by atoms with Crippen LogP contribution in [0.4, 0.5) is 5.82 Å². The Bertz CT molecular complexity index is 396. The number of rotatable bonds is 5. The lowest BCUT2D eigenvalue weighted by molar-refractivity contribution is 0.0817. The largest absolute Gasteiger partial charge is 0.381 e. The van der Waals surface area contributed by atoms with E-state index >= 15 is 0 Å². The van der Waals surface area contributed by atoms with E-state index in [2.05, 4.69) is 32.5 Å². The Labute approximate surface area is 114 Å². The molecule has 0 unspecified atom stereocenters. The normalized spacial score (nSPS) is 20.8. The van der Waals surface area contributed by atoms with Gasteiger partial charge in [0.05, 0.1) is 11.8 Å². The van der Waals surface area contributed by atoms with Gasteiger partial charge in [-0.2, -0.15) is 5.10 Å². The summed E-state index contributed by atoms with van der Waals surface area (Å²) in [4.78, 5) is 2.29. The maximum atomic E-state index is 5.38. The second-order valence-electron chi connectivity index (χ2n) is 5.46. The number of hydrogen-bond donors (Lipinski definition) is 1. The molecule has 2 aliphatic rings. The van der Waals surface area contributed by atoms with Gasteiger partial charge >= 0.3 is 0 Å². The number of nitrogens with zero attached hydrogens (tertiary/aromatic N) is 3. The van der Waals surface area contributed by atoms with Gasteiger partial charge in [-0.15, -0.1) is 5.10 Å². The van der Waals surface area contributed by atoms with Crippen molar-refractivity contribution < 1.29 is 4.74 Å². The van der Waals surface area contributed by atoms with E-state index in [1.165, 1.54) is 12.8 Å². The zero-order chi connectivity index (χ0) is 13.1. The molecule has 0 amide bonds. The minimum absolute atomic E-state index is 0.409. The Morgan fingerprint density at radius 3 is 2.58 bits per heavy atom. The summed E-state index contributed by atoms with van der Waals surface area (Å²) in [5.41, 5.74) is 1.03. The van der Waals surface area contributed by atoms with E-state index in [-0.39, 0.29) is 0 Å². The van der Waals surface area contributed by atoms with Crippen molar-refractivity contribution >= 4 is 5.82 Å². The Balaban J connectivity index is 1.53. The van der Waals surface area contributed by atoms with Crippen LogP contribution >= 0.6 is 0 Å². The summed E-state index contributed by atoms with van der Waals surface area (Å²) in [6.45, 7) is 2.85. The smallest absolute Gasteiger partial charge is 0.151 e. The highest BCUT2D eigenvalue weighted by molar-refractivity contribution is 5.37. The van der Waals surface area contributed by atoms with Crippen LogP contribution in [0.1, 0.15) is 31.4 Å². The molecule has 0 atom stereocenters. The molecule has 0 spiro atoms. The van der Waals surface area contributed by atoms with Crippen molar-refractivity contribution in [3.8, 4) is 0 Å². The average Bonchev–Trinajstić information content (AvgIpc) is 3.30. The first kappa shape index (κ1) is 12.8. The minimum Gasteiger partial charge on any atom is -0.381 e. The van der Waals surface area contributed by atoms with Crippen molar-refractivity contribution in [2.24, 2.45) is 0 Å². The van der Waals surface area contributed by atoms with Gasteiger partial charge < -0.3 is 15.0 Å². The number of nitrogens with one attached hydrogen (secondary N) is 1. The molecule has 1 aromatic rings. The quantitative estimate of drug-likeness (QED) is 0.868. The molecule has 1 aliphatic heterocycles. The van der Waals surface area contributed by atoms with Gasteiger partial charge in [0.1, 0.15) is 0 Å². The lowest BCUT2D eigenvalue weighted by Crippen LogP contribution is -2.37. The van der Waals surface area contributed by atoms with Crippen molar-refractivity contribution in [1.29, 1.82) is 0 Å². The van der Waals surface area contributed by atoms with Crippen molar-refractivity contribution in [1.82, 2.24) is 15.5 Å². The molecular weight excluding hydrogens is 240 g/mol. The standard InChI is InChI=1S/C14H22N4O/c1-19-13-6-8-18(9-7-13)14-5-4-12(16-17-14)10-15-11-2-3-11/h4-5,11,13,15H,2-3,6-10H2,1H3. The van der Waals surface area contributed by atoms with Crippen LogP contribution in [0.25, 0.3) is 0 Å². The summed E-state index contributed by atoms with van der Waals surface area (Å²) < 4.78 is 5.38. The maximum absolute atomic E-state index is 5.38. The Hall–Kier alpha value is -1.20. The van der Waals surface area contributed by atoms with Crippen LogP contribution in [0.5, 0.6) is 0 Å². The van der Waals surface area contributed by atoms with E-state index in [4.69, 9.17) is 4.74 Å². The molecule has 104 valence electrons. The molecule has 5 nitrogen and oxygen atoms in total. The third-order valence-electron chi connectivity index (χ3n) is 3.95. The number of hydrogen-bond acceptors (Lipinski definition) is 5. The Morgan fingerprint density at radius 1 is 1.21 bits per heavy atom. The lowest BCUT2D eigenvalue weighted by Gasteiger charge is -2.31. The van der Waals surface area contributed by atoms with Gasteiger partial charge in [0, 0.05) is 32.8 Å². The lowest BCUT2D eigenvalue weighted by atomic mass is 10.1. The van der Waals surface area contributed by atoms with Gasteiger partial charge in [0.2, 0.25) is 0 Å². The van der Waals surface area contributed by atoms with Gasteiger partial charge in [-0.3, -0.25) is 0 Å². The Morgan fingerprint density at radius 2 is 2.00 bits per heavy atom. The molecule has 1 N–H and O–H groups in total. The van der Waals surface area contributed by atoms with Crippen molar-refractivity contribution in [3.05, 3.63) is 17.8 Å². The number of piperidine rings is 1. The molecule has 2 heterocycles. The number of anilines is 1. The molecule has 1 saturated carbocycles. The van der Waals surface area contributed by atoms with Crippen LogP contribution in [0.2, 0.25) is 0 Å². The predicted molar refractivity (Wildman–Crippen MR) is 74.1 cm³/mol. The average molecular weight is 262 g/mol. The van der Waals surface area contributed by atoms with E-state index in [1.807, 2.05) is 0 Å². The van der Waals surface area contributed by atoms with Crippen LogP contribution in [-0.2, 0) is 11.3 Å². The van der Waals surface area contributed by atoms with E-state index in [0.717, 1.165) is 50.0 Å². The van der Waals surface area contributed by atoms with Gasteiger partial charge in [-0.25, -0.2) is 0 Å². The molecule has 1 aliphatic carbocycles. The van der Waals surface area contributed by atoms with Crippen molar-refractivity contribution in [2.45, 2.75) is 44.4 Å². The van der Waals surface area contributed by atoms with Gasteiger partial charge in [0.25, 0.3) is 0 Å². The molecule has 0 bridgehead atoms. The van der Waals surface area contributed by atoms with Crippen LogP contribution in [0.15, 0.2) is 12.1 Å². The summed E-state index contributed by atoms with van der Waals surface area (Å²) in [6.07, 6.45) is 5.16. The SMILES string of the molecule is COC1CCN(c2ccc(CNC3CC3)nn2)CC1. The van der Waals surface area contributed by atoms with Crippen molar-refractivity contribution in [2.75, 3.05) is 25.1 Å². The molecule has 1 aromatic heterocycles. The summed E-state index contributed by atoms with van der Waals surface area (Å²) in [7, 11) is 1.79. The fourth-order valence-electron chi connectivity index (χ4n) is 2.47. The van der Waals surface area contributed by atoms with Gasteiger partial charge in [-0.05, 0) is 37.8 Å². The second kappa shape index (κ2) is 5.84. The second-order valence-corrected chi connectivity index (χ2v) is 5.46. The Kier molecular flexibility index (Phi) is 3.94. The first-order valence-electron chi connectivity index (χ1n) is 7.19. The third-order valence-corrected chi connectivity index (χ3v) is 3.95. The zero-order valence-electron chi connectivity index (χ0n) is 11.5. The third kappa shape index (κ3) is 3.42. The molecule has 3 rings (SSSR count). The monoisotopic (exact) mass is 262 g/mol. The predicted octanol–water partition coefficient (Wildman–Crippen LogP) is 1.34. The van der Waals surface area contributed by atoms with E-state index in [0.29, 0.717) is 6.10 Å². The molecule has 19 heavy (non-hydrogen) atoms. The highest BCUT2D eigenvalue weighted by Gasteiger charge is 2.21. The molecule has 2 fully saturated rings. The zero-order valence-corrected chi connectivity index (χ0v) is 11.5. The fraction of sp³-hybridized carbons (Fsp3) is 0.714. The van der Waals surface area contributed by atoms with Crippen LogP contribution in [-0.4, -0.2) is 42.5 Å². The molecule has 1 saturated heterocycles. The minimum atomic E-state index is 0.409. The number of aromatic nitrogens is 2. The fourth-order valence-corrected chi connectivity index (χ4v) is 2.47. The molecule has 0 radical (unpaired) electrons. The van der Waals surface area contributed by atoms with Crippen molar-refractivity contribution in [3.63, 3.8) is 0 Å². The van der Waals surface area contributed by atoms with Gasteiger partial charge in [0.15, 0.2) is 5.82 Å². The first-order chi connectivity index (χ1) is 9.35. The van der Waals surface area contributed by atoms with E-state index < -0.39 is 0 Å². The van der Waals surface area contributed by atoms with Gasteiger partial charge in [-0.1, -0.05) is 0 Å².